The first-order chi connectivity index (χ1) is 25.3. The topological polar surface area (TPSA) is 81.2 Å². The number of nitrogens with zero attached hydrogens (tertiary/aromatic N) is 4. The Morgan fingerprint density at radius 2 is 0.788 bits per heavy atom. The predicted molar refractivity (Wildman–Crippen MR) is 218 cm³/mol. The molecule has 0 saturated carbocycles. The number of hydrogen-bond donors (Lipinski definition) is 0. The summed E-state index contributed by atoms with van der Waals surface area (Å²) >= 11 is 16.6. The molecule has 0 aromatic heterocycles. The van der Waals surface area contributed by atoms with E-state index in [1.165, 1.54) is 9.80 Å². The molecule has 0 bridgehead atoms. The number of anilines is 4. The second-order valence-corrected chi connectivity index (χ2v) is 17.5. The van der Waals surface area contributed by atoms with Gasteiger partial charge in [0.1, 0.15) is 8.64 Å². The zero-order chi connectivity index (χ0) is 35.9. The van der Waals surface area contributed by atoms with Crippen molar-refractivity contribution in [1.29, 1.82) is 0 Å². The number of carbonyl (C=O) groups is 4. The van der Waals surface area contributed by atoms with Crippen LogP contribution in [0.5, 0.6) is 0 Å². The molecule has 8 rings (SSSR count). The fraction of sp³-hybridized carbons (Fsp3) is 0.158. The lowest BCUT2D eigenvalue weighted by molar-refractivity contribution is -0.125. The third-order valence-electron chi connectivity index (χ3n) is 8.81. The summed E-state index contributed by atoms with van der Waals surface area (Å²) in [6.07, 6.45) is 1.19. The molecule has 0 atom stereocenters. The fourth-order valence-corrected chi connectivity index (χ4v) is 11.3. The second-order valence-electron chi connectivity index (χ2n) is 12.0. The first-order valence-electron chi connectivity index (χ1n) is 16.5. The summed E-state index contributed by atoms with van der Waals surface area (Å²) in [5, 5.41) is 0. The van der Waals surface area contributed by atoms with Crippen LogP contribution in [0, 0.1) is 0 Å². The third kappa shape index (κ3) is 6.49. The number of fused-ring (bicyclic) bond motifs is 4. The third-order valence-corrected chi connectivity index (χ3v) is 14.1. The summed E-state index contributed by atoms with van der Waals surface area (Å²) in [5.74, 6) is -0.859. The highest BCUT2D eigenvalue weighted by Crippen LogP contribution is 2.50. The largest absolute Gasteiger partial charge is 0.293 e. The highest BCUT2D eigenvalue weighted by Gasteiger charge is 2.42. The van der Waals surface area contributed by atoms with E-state index in [1.807, 2.05) is 97.1 Å². The Bertz CT molecular complexity index is 2000. The molecular weight excluding hydrogens is 769 g/mol. The smallest absolute Gasteiger partial charge is 0.267 e. The zero-order valence-electron chi connectivity index (χ0n) is 27.4. The summed E-state index contributed by atoms with van der Waals surface area (Å²) in [6, 6.07) is 31.3. The minimum Gasteiger partial charge on any atom is -0.293 e. The van der Waals surface area contributed by atoms with Crippen molar-refractivity contribution in [2.24, 2.45) is 0 Å². The van der Waals surface area contributed by atoms with Gasteiger partial charge in [-0.1, -0.05) is 120 Å². The van der Waals surface area contributed by atoms with Crippen molar-refractivity contribution >= 4 is 127 Å². The zero-order valence-corrected chi connectivity index (χ0v) is 32.3. The summed E-state index contributed by atoms with van der Waals surface area (Å²) in [5.41, 5.74) is 3.37. The van der Waals surface area contributed by atoms with Gasteiger partial charge in [-0.25, -0.2) is 0 Å². The molecule has 260 valence electrons. The number of para-hydroxylation sites is 4. The van der Waals surface area contributed by atoms with Gasteiger partial charge >= 0.3 is 0 Å². The number of benzene rings is 4. The van der Waals surface area contributed by atoms with Crippen molar-refractivity contribution in [2.75, 3.05) is 22.9 Å². The van der Waals surface area contributed by atoms with Gasteiger partial charge in [0.2, 0.25) is 11.8 Å². The number of amides is 4. The molecule has 4 aromatic carbocycles. The van der Waals surface area contributed by atoms with Crippen LogP contribution in [0.3, 0.4) is 0 Å². The number of thioether (sulfide) groups is 2. The number of hydrogen-bond acceptors (Lipinski definition) is 10. The Hall–Kier alpha value is -3.92. The van der Waals surface area contributed by atoms with E-state index in [4.69, 9.17) is 24.4 Å². The molecule has 4 aliphatic heterocycles. The van der Waals surface area contributed by atoms with Crippen molar-refractivity contribution in [2.45, 2.75) is 45.3 Å². The molecule has 4 heterocycles. The molecule has 2 saturated heterocycles. The standard InChI is InChI=1S/C38H28N4O4S6/c43-31(41-23-11-1-5-15-27(23)49-28-16-6-2-12-24(28)41)19-9-21-39-35(45)33(51-37(39)47)34-36(46)40(38(48)52-34)22-10-20-32(44)42-25-13-3-7-17-29(25)50-30-18-8-4-14-26(30)42/h1-8,11-18H,9-10,19-22H2. The van der Waals surface area contributed by atoms with Gasteiger partial charge in [-0.05, 0) is 61.4 Å². The molecule has 0 unspecified atom stereocenters. The van der Waals surface area contributed by atoms with Crippen LogP contribution in [0.4, 0.5) is 22.7 Å². The molecule has 4 amide bonds. The van der Waals surface area contributed by atoms with Crippen LogP contribution in [0.2, 0.25) is 0 Å². The van der Waals surface area contributed by atoms with Gasteiger partial charge in [0.15, 0.2) is 0 Å². The highest BCUT2D eigenvalue weighted by molar-refractivity contribution is 8.29. The Morgan fingerprint density at radius 1 is 0.481 bits per heavy atom. The molecule has 0 spiro atoms. The molecule has 4 aromatic rings. The van der Waals surface area contributed by atoms with Crippen molar-refractivity contribution in [3.05, 3.63) is 107 Å². The van der Waals surface area contributed by atoms with E-state index in [1.54, 1.807) is 33.3 Å². The maximum absolute atomic E-state index is 13.6. The summed E-state index contributed by atoms with van der Waals surface area (Å²) in [6.45, 7) is 0.491. The minimum atomic E-state index is -0.358. The fourth-order valence-electron chi connectivity index (χ4n) is 6.40. The van der Waals surface area contributed by atoms with Crippen molar-refractivity contribution in [3.63, 3.8) is 0 Å². The summed E-state index contributed by atoms with van der Waals surface area (Å²) in [4.78, 5) is 65.5. The normalized spacial score (nSPS) is 17.7. The molecule has 0 N–H and O–H groups in total. The van der Waals surface area contributed by atoms with Crippen LogP contribution in [-0.2, 0) is 19.2 Å². The van der Waals surface area contributed by atoms with Gasteiger partial charge in [0, 0.05) is 45.5 Å². The lowest BCUT2D eigenvalue weighted by Crippen LogP contribution is -2.33. The Kier molecular flexibility index (Phi) is 10.0. The van der Waals surface area contributed by atoms with E-state index in [0.29, 0.717) is 21.5 Å². The molecule has 4 aliphatic rings. The van der Waals surface area contributed by atoms with Gasteiger partial charge in [0.25, 0.3) is 11.8 Å². The van der Waals surface area contributed by atoms with Gasteiger partial charge in [-0.2, -0.15) is 0 Å². The van der Waals surface area contributed by atoms with Gasteiger partial charge < -0.3 is 0 Å². The number of thiocarbonyl (C=S) groups is 2. The van der Waals surface area contributed by atoms with E-state index in [9.17, 15) is 19.2 Å². The molecular formula is C38H28N4O4S6. The molecule has 2 fully saturated rings. The first-order valence-corrected chi connectivity index (χ1v) is 20.6. The average molecular weight is 797 g/mol. The second kappa shape index (κ2) is 14.8. The van der Waals surface area contributed by atoms with Gasteiger partial charge in [-0.3, -0.25) is 38.8 Å². The van der Waals surface area contributed by atoms with Crippen molar-refractivity contribution in [3.8, 4) is 0 Å². The van der Waals surface area contributed by atoms with E-state index in [2.05, 4.69) is 0 Å². The maximum Gasteiger partial charge on any atom is 0.267 e. The molecule has 52 heavy (non-hydrogen) atoms. The molecule has 14 heteroatoms. The number of carbonyl (C=O) groups excluding carboxylic acids is 4. The Balaban J connectivity index is 0.896. The highest BCUT2D eigenvalue weighted by atomic mass is 32.2. The Labute approximate surface area is 328 Å². The lowest BCUT2D eigenvalue weighted by Gasteiger charge is -2.31. The minimum absolute atomic E-state index is 0.0717. The van der Waals surface area contributed by atoms with E-state index in [0.717, 1.165) is 65.9 Å². The molecule has 8 nitrogen and oxygen atoms in total. The SMILES string of the molecule is O=C1C(=C2SC(=S)N(CCCC(=O)N3c4ccccc4Sc4ccccc43)C2=O)SC(=S)N1CCCC(=O)N1c2ccccc2Sc2ccccc21. The van der Waals surface area contributed by atoms with Crippen LogP contribution in [0.25, 0.3) is 0 Å². The maximum atomic E-state index is 13.6. The monoisotopic (exact) mass is 796 g/mol. The van der Waals surface area contributed by atoms with Gasteiger partial charge in [0.05, 0.1) is 32.6 Å². The molecule has 0 aliphatic carbocycles. The average Bonchev–Trinajstić information content (AvgIpc) is 3.60. The van der Waals surface area contributed by atoms with Crippen LogP contribution in [0.15, 0.2) is 126 Å². The van der Waals surface area contributed by atoms with E-state index < -0.39 is 0 Å². The van der Waals surface area contributed by atoms with Crippen LogP contribution in [0.1, 0.15) is 25.7 Å². The number of rotatable bonds is 8. The predicted octanol–water partition coefficient (Wildman–Crippen LogP) is 9.14. The Morgan fingerprint density at radius 3 is 1.12 bits per heavy atom. The van der Waals surface area contributed by atoms with E-state index in [-0.39, 0.29) is 59.4 Å². The van der Waals surface area contributed by atoms with E-state index >= 15 is 0 Å². The summed E-state index contributed by atoms with van der Waals surface area (Å²) < 4.78 is 0.683. The van der Waals surface area contributed by atoms with Crippen molar-refractivity contribution < 1.29 is 19.2 Å². The van der Waals surface area contributed by atoms with Crippen molar-refractivity contribution in [1.82, 2.24) is 9.80 Å². The van der Waals surface area contributed by atoms with Gasteiger partial charge in [-0.15, -0.1) is 0 Å². The molecule has 0 radical (unpaired) electrons. The van der Waals surface area contributed by atoms with Crippen LogP contribution < -0.4 is 9.80 Å². The van der Waals surface area contributed by atoms with Crippen LogP contribution >= 0.6 is 71.5 Å². The quantitative estimate of drug-likeness (QED) is 0.127. The van der Waals surface area contributed by atoms with Crippen LogP contribution in [-0.4, -0.2) is 55.2 Å². The lowest BCUT2D eigenvalue weighted by atomic mass is 10.2. The summed E-state index contributed by atoms with van der Waals surface area (Å²) in [7, 11) is 0. The first kappa shape index (κ1) is 35.1.